The Kier molecular flexibility index (Phi) is 3.69. The third kappa shape index (κ3) is 2.53. The SMILES string of the molecule is N#Cc1ccc(NCCC2=CCCC2)c2ccccc12. The van der Waals surface area contributed by atoms with E-state index in [-0.39, 0.29) is 0 Å². The van der Waals surface area contributed by atoms with Gasteiger partial charge >= 0.3 is 0 Å². The lowest BCUT2D eigenvalue weighted by Gasteiger charge is -2.11. The zero-order valence-corrected chi connectivity index (χ0v) is 11.5. The number of hydrogen-bond acceptors (Lipinski definition) is 2. The summed E-state index contributed by atoms with van der Waals surface area (Å²) >= 11 is 0. The highest BCUT2D eigenvalue weighted by molar-refractivity contribution is 5.97. The largest absolute Gasteiger partial charge is 0.384 e. The standard InChI is InChI=1S/C18H18N2/c19-13-15-9-10-18(17-8-4-3-7-16(15)17)20-12-11-14-5-1-2-6-14/h3-5,7-10,20H,1-2,6,11-12H2. The lowest BCUT2D eigenvalue weighted by molar-refractivity contribution is 0.864. The average Bonchev–Trinajstić information content (AvgIpc) is 3.01. The van der Waals surface area contributed by atoms with Gasteiger partial charge < -0.3 is 5.32 Å². The molecule has 0 bridgehead atoms. The summed E-state index contributed by atoms with van der Waals surface area (Å²) in [4.78, 5) is 0. The molecule has 1 aliphatic carbocycles. The molecule has 0 aliphatic heterocycles. The molecule has 0 radical (unpaired) electrons. The lowest BCUT2D eigenvalue weighted by atomic mass is 10.0. The Hall–Kier alpha value is -2.27. The molecule has 20 heavy (non-hydrogen) atoms. The predicted octanol–water partition coefficient (Wildman–Crippen LogP) is 4.62. The Labute approximate surface area is 119 Å². The summed E-state index contributed by atoms with van der Waals surface area (Å²) in [5, 5.41) is 14.8. The molecule has 3 rings (SSSR count). The molecule has 0 heterocycles. The van der Waals surface area contributed by atoms with Crippen molar-refractivity contribution < 1.29 is 0 Å². The van der Waals surface area contributed by atoms with Crippen LogP contribution in [0.1, 0.15) is 31.2 Å². The Morgan fingerprint density at radius 2 is 1.95 bits per heavy atom. The van der Waals surface area contributed by atoms with Crippen LogP contribution in [-0.2, 0) is 0 Å². The number of fused-ring (bicyclic) bond motifs is 1. The van der Waals surface area contributed by atoms with E-state index in [0.29, 0.717) is 0 Å². The second-order valence-electron chi connectivity index (χ2n) is 5.25. The van der Waals surface area contributed by atoms with E-state index in [1.165, 1.54) is 19.3 Å². The molecule has 0 unspecified atom stereocenters. The first-order chi connectivity index (χ1) is 9.88. The minimum atomic E-state index is 0.740. The maximum absolute atomic E-state index is 9.17. The molecule has 2 heteroatoms. The third-order valence-corrected chi connectivity index (χ3v) is 3.94. The number of anilines is 1. The summed E-state index contributed by atoms with van der Waals surface area (Å²) in [5.41, 5.74) is 3.44. The zero-order valence-electron chi connectivity index (χ0n) is 11.5. The third-order valence-electron chi connectivity index (χ3n) is 3.94. The van der Waals surface area contributed by atoms with E-state index in [4.69, 9.17) is 5.26 Å². The molecule has 0 aromatic heterocycles. The fourth-order valence-electron chi connectivity index (χ4n) is 2.87. The highest BCUT2D eigenvalue weighted by Crippen LogP contribution is 2.27. The Balaban J connectivity index is 1.79. The molecular formula is C18H18N2. The summed E-state index contributed by atoms with van der Waals surface area (Å²) < 4.78 is 0. The van der Waals surface area contributed by atoms with Gasteiger partial charge in [0.25, 0.3) is 0 Å². The van der Waals surface area contributed by atoms with Gasteiger partial charge in [0.05, 0.1) is 11.6 Å². The molecule has 1 aliphatic rings. The number of rotatable bonds is 4. The van der Waals surface area contributed by atoms with Crippen molar-refractivity contribution in [3.63, 3.8) is 0 Å². The van der Waals surface area contributed by atoms with Gasteiger partial charge in [-0.05, 0) is 37.8 Å². The van der Waals surface area contributed by atoms with Gasteiger partial charge in [-0.1, -0.05) is 35.9 Å². The van der Waals surface area contributed by atoms with Gasteiger partial charge in [0.2, 0.25) is 0 Å². The average molecular weight is 262 g/mol. The number of nitrogens with one attached hydrogen (secondary N) is 1. The Morgan fingerprint density at radius 1 is 1.10 bits per heavy atom. The number of hydrogen-bond donors (Lipinski definition) is 1. The summed E-state index contributed by atoms with van der Waals surface area (Å²) in [6, 6.07) is 14.3. The first-order valence-electron chi connectivity index (χ1n) is 7.22. The molecule has 0 spiro atoms. The maximum atomic E-state index is 9.17. The first-order valence-corrected chi connectivity index (χ1v) is 7.22. The zero-order chi connectivity index (χ0) is 13.8. The molecule has 2 nitrogen and oxygen atoms in total. The van der Waals surface area contributed by atoms with Gasteiger partial charge in [0.1, 0.15) is 0 Å². The van der Waals surface area contributed by atoms with Crippen LogP contribution in [0.4, 0.5) is 5.69 Å². The van der Waals surface area contributed by atoms with Crippen molar-refractivity contribution in [1.29, 1.82) is 5.26 Å². The van der Waals surface area contributed by atoms with Crippen molar-refractivity contribution >= 4 is 16.5 Å². The van der Waals surface area contributed by atoms with E-state index in [0.717, 1.165) is 35.0 Å². The van der Waals surface area contributed by atoms with Crippen LogP contribution in [0.2, 0.25) is 0 Å². The van der Waals surface area contributed by atoms with Crippen molar-refractivity contribution in [1.82, 2.24) is 0 Å². The molecule has 0 saturated heterocycles. The molecule has 0 amide bonds. The van der Waals surface area contributed by atoms with Gasteiger partial charge in [-0.25, -0.2) is 0 Å². The topological polar surface area (TPSA) is 35.8 Å². The van der Waals surface area contributed by atoms with Crippen LogP contribution in [0.15, 0.2) is 48.0 Å². The van der Waals surface area contributed by atoms with Crippen LogP contribution in [0.25, 0.3) is 10.8 Å². The summed E-state index contributed by atoms with van der Waals surface area (Å²) in [6.45, 7) is 0.960. The van der Waals surface area contributed by atoms with Gasteiger partial charge in [0.15, 0.2) is 0 Å². The van der Waals surface area contributed by atoms with Crippen LogP contribution >= 0.6 is 0 Å². The second-order valence-corrected chi connectivity index (χ2v) is 5.25. The maximum Gasteiger partial charge on any atom is 0.0998 e. The van der Waals surface area contributed by atoms with E-state index in [1.54, 1.807) is 5.57 Å². The van der Waals surface area contributed by atoms with Crippen molar-refractivity contribution in [3.05, 3.63) is 53.6 Å². The first kappa shape index (κ1) is 12.7. The second kappa shape index (κ2) is 5.79. The molecule has 0 atom stereocenters. The Morgan fingerprint density at radius 3 is 2.70 bits per heavy atom. The van der Waals surface area contributed by atoms with Crippen LogP contribution < -0.4 is 5.32 Å². The normalized spacial score (nSPS) is 14.1. The molecular weight excluding hydrogens is 244 g/mol. The van der Waals surface area contributed by atoms with E-state index < -0.39 is 0 Å². The number of nitriles is 1. The molecule has 100 valence electrons. The number of nitrogens with zero attached hydrogens (tertiary/aromatic N) is 1. The van der Waals surface area contributed by atoms with Crippen molar-refractivity contribution in [2.24, 2.45) is 0 Å². The summed E-state index contributed by atoms with van der Waals surface area (Å²) in [6.07, 6.45) is 7.31. The fraction of sp³-hybridized carbons (Fsp3) is 0.278. The van der Waals surface area contributed by atoms with Gasteiger partial charge in [-0.15, -0.1) is 0 Å². The molecule has 2 aromatic rings. The van der Waals surface area contributed by atoms with Gasteiger partial charge in [-0.3, -0.25) is 0 Å². The van der Waals surface area contributed by atoms with Crippen molar-refractivity contribution in [3.8, 4) is 6.07 Å². The van der Waals surface area contributed by atoms with Crippen molar-refractivity contribution in [2.75, 3.05) is 11.9 Å². The molecule has 0 fully saturated rings. The molecule has 1 N–H and O–H groups in total. The summed E-state index contributed by atoms with van der Waals surface area (Å²) in [7, 11) is 0. The Bertz CT molecular complexity index is 692. The quantitative estimate of drug-likeness (QED) is 0.816. The molecule has 2 aromatic carbocycles. The van der Waals surface area contributed by atoms with Crippen LogP contribution in [0.3, 0.4) is 0 Å². The van der Waals surface area contributed by atoms with Crippen molar-refractivity contribution in [2.45, 2.75) is 25.7 Å². The van der Waals surface area contributed by atoms with Crippen LogP contribution in [-0.4, -0.2) is 6.54 Å². The van der Waals surface area contributed by atoms with E-state index in [1.807, 2.05) is 30.3 Å². The summed E-state index contributed by atoms with van der Waals surface area (Å²) in [5.74, 6) is 0. The molecule has 0 saturated carbocycles. The van der Waals surface area contributed by atoms with E-state index in [2.05, 4.69) is 23.5 Å². The highest BCUT2D eigenvalue weighted by Gasteiger charge is 2.06. The minimum absolute atomic E-state index is 0.740. The smallest absolute Gasteiger partial charge is 0.0998 e. The number of allylic oxidation sites excluding steroid dienone is 1. The van der Waals surface area contributed by atoms with Gasteiger partial charge in [0, 0.05) is 23.0 Å². The lowest BCUT2D eigenvalue weighted by Crippen LogP contribution is -2.03. The van der Waals surface area contributed by atoms with Crippen LogP contribution in [0.5, 0.6) is 0 Å². The highest BCUT2D eigenvalue weighted by atomic mass is 14.9. The van der Waals surface area contributed by atoms with E-state index >= 15 is 0 Å². The monoisotopic (exact) mass is 262 g/mol. The minimum Gasteiger partial charge on any atom is -0.384 e. The van der Waals surface area contributed by atoms with Gasteiger partial charge in [-0.2, -0.15) is 5.26 Å². The predicted molar refractivity (Wildman–Crippen MR) is 83.7 cm³/mol. The number of benzene rings is 2. The fourth-order valence-corrected chi connectivity index (χ4v) is 2.87. The van der Waals surface area contributed by atoms with E-state index in [9.17, 15) is 0 Å². The van der Waals surface area contributed by atoms with Crippen LogP contribution in [0, 0.1) is 11.3 Å².